The summed E-state index contributed by atoms with van der Waals surface area (Å²) in [4.78, 5) is 28.0. The number of hydrogen-bond donors (Lipinski definition) is 1. The topological polar surface area (TPSA) is 67.9 Å². The second-order valence-electron chi connectivity index (χ2n) is 8.25. The molecule has 1 N–H and O–H groups in total. The zero-order chi connectivity index (χ0) is 23.5. The predicted molar refractivity (Wildman–Crippen MR) is 126 cm³/mol. The fraction of sp³-hybridized carbons (Fsp3) is 0.259. The molecule has 0 aliphatic carbocycles. The van der Waals surface area contributed by atoms with Gasteiger partial charge in [-0.2, -0.15) is 0 Å². The van der Waals surface area contributed by atoms with Gasteiger partial charge in [0, 0.05) is 17.7 Å². The maximum absolute atomic E-state index is 13.3. The maximum atomic E-state index is 13.3. The van der Waals surface area contributed by atoms with E-state index in [2.05, 4.69) is 5.32 Å². The monoisotopic (exact) mass is 444 g/mol. The lowest BCUT2D eigenvalue weighted by Gasteiger charge is -2.30. The quantitative estimate of drug-likeness (QED) is 0.545. The van der Waals surface area contributed by atoms with Crippen molar-refractivity contribution < 1.29 is 19.1 Å². The molecule has 1 aliphatic heterocycles. The first kappa shape index (κ1) is 22.6. The molecule has 0 fully saturated rings. The molecule has 0 saturated heterocycles. The minimum absolute atomic E-state index is 0.0804. The van der Waals surface area contributed by atoms with E-state index in [1.165, 1.54) is 7.11 Å². The standard InChI is InChI=1S/C27H28N2O4/c1-17-9-14-21(18(2)15-17)24(27(31)33-4)28-25-22-7-5-6-8-23(22)26(30)29(25)16-19-10-12-20(32-3)13-11-19/h5-15,24-25,28H,16H2,1-4H3/t24-,25+/m0/s1. The lowest BCUT2D eigenvalue weighted by molar-refractivity contribution is -0.144. The highest BCUT2D eigenvalue weighted by Gasteiger charge is 2.39. The average Bonchev–Trinajstić information content (AvgIpc) is 3.09. The molecule has 170 valence electrons. The van der Waals surface area contributed by atoms with E-state index in [-0.39, 0.29) is 5.91 Å². The predicted octanol–water partition coefficient (Wildman–Crippen LogP) is 4.47. The van der Waals surface area contributed by atoms with Crippen molar-refractivity contribution >= 4 is 11.9 Å². The first-order chi connectivity index (χ1) is 15.9. The van der Waals surface area contributed by atoms with Crippen LogP contribution < -0.4 is 10.1 Å². The number of rotatable bonds is 7. The van der Waals surface area contributed by atoms with Gasteiger partial charge < -0.3 is 14.4 Å². The number of nitrogens with one attached hydrogen (secondary N) is 1. The number of esters is 1. The van der Waals surface area contributed by atoms with Crippen molar-refractivity contribution in [1.82, 2.24) is 10.2 Å². The molecule has 0 saturated carbocycles. The number of benzene rings is 3. The van der Waals surface area contributed by atoms with E-state index in [0.717, 1.165) is 33.6 Å². The fourth-order valence-electron chi connectivity index (χ4n) is 4.35. The number of methoxy groups -OCH3 is 2. The summed E-state index contributed by atoms with van der Waals surface area (Å²) in [6.07, 6.45) is -0.486. The SMILES string of the molecule is COC(=O)[C@@H](N[C@H]1c2ccccc2C(=O)N1Cc1ccc(OC)cc1)c1ccc(C)cc1C. The second-order valence-corrected chi connectivity index (χ2v) is 8.25. The van der Waals surface area contributed by atoms with E-state index in [9.17, 15) is 9.59 Å². The van der Waals surface area contributed by atoms with Crippen LogP contribution in [0.15, 0.2) is 66.7 Å². The molecule has 1 aliphatic rings. The van der Waals surface area contributed by atoms with Crippen molar-refractivity contribution in [2.24, 2.45) is 0 Å². The summed E-state index contributed by atoms with van der Waals surface area (Å²) in [5, 5.41) is 3.43. The minimum Gasteiger partial charge on any atom is -0.497 e. The Bertz CT molecular complexity index is 1170. The van der Waals surface area contributed by atoms with Gasteiger partial charge in [-0.05, 0) is 48.7 Å². The van der Waals surface area contributed by atoms with E-state index in [0.29, 0.717) is 12.1 Å². The molecule has 1 amide bonds. The first-order valence-electron chi connectivity index (χ1n) is 10.9. The number of nitrogens with zero attached hydrogens (tertiary/aromatic N) is 1. The van der Waals surface area contributed by atoms with Crippen LogP contribution in [0.1, 0.15) is 50.4 Å². The van der Waals surface area contributed by atoms with E-state index in [1.54, 1.807) is 12.0 Å². The van der Waals surface area contributed by atoms with Crippen LogP contribution >= 0.6 is 0 Å². The highest BCUT2D eigenvalue weighted by molar-refractivity contribution is 5.99. The molecule has 4 rings (SSSR count). The summed E-state index contributed by atoms with van der Waals surface area (Å²) in [5.74, 6) is 0.274. The molecular weight excluding hydrogens is 416 g/mol. The average molecular weight is 445 g/mol. The summed E-state index contributed by atoms with van der Waals surface area (Å²) < 4.78 is 10.4. The zero-order valence-electron chi connectivity index (χ0n) is 19.3. The Morgan fingerprint density at radius 3 is 2.42 bits per heavy atom. The van der Waals surface area contributed by atoms with Crippen LogP contribution in [0.2, 0.25) is 0 Å². The van der Waals surface area contributed by atoms with Crippen molar-refractivity contribution in [3.05, 3.63) is 100 Å². The summed E-state index contributed by atoms with van der Waals surface area (Å²) in [7, 11) is 3.00. The highest BCUT2D eigenvalue weighted by Crippen LogP contribution is 2.35. The van der Waals surface area contributed by atoms with Gasteiger partial charge in [0.05, 0.1) is 14.2 Å². The number of hydrogen-bond acceptors (Lipinski definition) is 5. The van der Waals surface area contributed by atoms with Crippen LogP contribution in [-0.4, -0.2) is 31.0 Å². The van der Waals surface area contributed by atoms with Gasteiger partial charge in [-0.3, -0.25) is 10.1 Å². The number of carbonyl (C=O) groups excluding carboxylic acids is 2. The molecule has 0 spiro atoms. The number of fused-ring (bicyclic) bond motifs is 1. The maximum Gasteiger partial charge on any atom is 0.327 e. The molecule has 6 nitrogen and oxygen atoms in total. The first-order valence-corrected chi connectivity index (χ1v) is 10.9. The summed E-state index contributed by atoms with van der Waals surface area (Å²) in [6, 6.07) is 20.4. The van der Waals surface area contributed by atoms with Crippen molar-refractivity contribution in [1.29, 1.82) is 0 Å². The zero-order valence-corrected chi connectivity index (χ0v) is 19.3. The van der Waals surface area contributed by atoms with Crippen LogP contribution in [-0.2, 0) is 16.1 Å². The van der Waals surface area contributed by atoms with Gasteiger partial charge in [0.2, 0.25) is 0 Å². The van der Waals surface area contributed by atoms with E-state index in [4.69, 9.17) is 9.47 Å². The molecule has 1 heterocycles. The Balaban J connectivity index is 1.71. The van der Waals surface area contributed by atoms with Crippen LogP contribution in [0.4, 0.5) is 0 Å². The normalized spacial score (nSPS) is 15.8. The van der Waals surface area contributed by atoms with E-state index >= 15 is 0 Å². The third kappa shape index (κ3) is 4.47. The lowest BCUT2D eigenvalue weighted by atomic mass is 9.98. The minimum atomic E-state index is -0.724. The molecular formula is C27H28N2O4. The molecule has 0 bridgehead atoms. The third-order valence-electron chi connectivity index (χ3n) is 6.07. The molecule has 3 aromatic carbocycles. The third-order valence-corrected chi connectivity index (χ3v) is 6.07. The number of ether oxygens (including phenoxy) is 2. The summed E-state index contributed by atoms with van der Waals surface area (Å²) in [5.41, 5.74) is 5.36. The van der Waals surface area contributed by atoms with Crippen LogP contribution in [0.3, 0.4) is 0 Å². The molecule has 33 heavy (non-hydrogen) atoms. The number of aryl methyl sites for hydroxylation is 2. The molecule has 0 aromatic heterocycles. The fourth-order valence-corrected chi connectivity index (χ4v) is 4.35. The van der Waals surface area contributed by atoms with Gasteiger partial charge in [-0.1, -0.05) is 54.1 Å². The summed E-state index contributed by atoms with van der Waals surface area (Å²) >= 11 is 0. The van der Waals surface area contributed by atoms with Crippen molar-refractivity contribution in [3.63, 3.8) is 0 Å². The molecule has 0 unspecified atom stereocenters. The largest absolute Gasteiger partial charge is 0.497 e. The van der Waals surface area contributed by atoms with Gasteiger partial charge in [-0.25, -0.2) is 4.79 Å². The number of amides is 1. The van der Waals surface area contributed by atoms with Gasteiger partial charge >= 0.3 is 5.97 Å². The molecule has 6 heteroatoms. The van der Waals surface area contributed by atoms with Crippen LogP contribution in [0.25, 0.3) is 0 Å². The van der Waals surface area contributed by atoms with Crippen molar-refractivity contribution in [3.8, 4) is 5.75 Å². The van der Waals surface area contributed by atoms with E-state index < -0.39 is 18.2 Å². The Morgan fingerprint density at radius 2 is 1.76 bits per heavy atom. The Hall–Kier alpha value is -3.64. The lowest BCUT2D eigenvalue weighted by Crippen LogP contribution is -2.41. The van der Waals surface area contributed by atoms with Gasteiger partial charge in [-0.15, -0.1) is 0 Å². The van der Waals surface area contributed by atoms with Gasteiger partial charge in [0.25, 0.3) is 5.91 Å². The summed E-state index contributed by atoms with van der Waals surface area (Å²) in [6.45, 7) is 4.37. The van der Waals surface area contributed by atoms with Gasteiger partial charge in [0.1, 0.15) is 18.0 Å². The van der Waals surface area contributed by atoms with Crippen molar-refractivity contribution in [2.75, 3.05) is 14.2 Å². The van der Waals surface area contributed by atoms with Crippen LogP contribution in [0.5, 0.6) is 5.75 Å². The van der Waals surface area contributed by atoms with Crippen molar-refractivity contribution in [2.45, 2.75) is 32.6 Å². The molecule has 2 atom stereocenters. The Labute approximate surface area is 194 Å². The van der Waals surface area contributed by atoms with Gasteiger partial charge in [0.15, 0.2) is 0 Å². The Kier molecular flexibility index (Phi) is 6.47. The second kappa shape index (κ2) is 9.46. The Morgan fingerprint density at radius 1 is 1.03 bits per heavy atom. The number of carbonyl (C=O) groups is 2. The molecule has 0 radical (unpaired) electrons. The smallest absolute Gasteiger partial charge is 0.327 e. The van der Waals surface area contributed by atoms with Crippen LogP contribution in [0, 0.1) is 13.8 Å². The molecule has 3 aromatic rings. The van der Waals surface area contributed by atoms with E-state index in [1.807, 2.05) is 80.6 Å². The highest BCUT2D eigenvalue weighted by atomic mass is 16.5.